The second-order valence-electron chi connectivity index (χ2n) is 15.3. The first-order valence-corrected chi connectivity index (χ1v) is 18.2. The van der Waals surface area contributed by atoms with Crippen LogP contribution in [0.3, 0.4) is 0 Å². The summed E-state index contributed by atoms with van der Waals surface area (Å²) in [6, 6.07) is 15.6. The van der Waals surface area contributed by atoms with Crippen molar-refractivity contribution in [3.63, 3.8) is 0 Å². The van der Waals surface area contributed by atoms with Crippen molar-refractivity contribution in [3.05, 3.63) is 81.8 Å². The third-order valence-electron chi connectivity index (χ3n) is 7.07. The lowest BCUT2D eigenvalue weighted by molar-refractivity contribution is 0.0430. The summed E-state index contributed by atoms with van der Waals surface area (Å²) in [5.74, 6) is 0. The third-order valence-corrected chi connectivity index (χ3v) is 10.2. The van der Waals surface area contributed by atoms with Gasteiger partial charge in [-0.2, -0.15) is 4.90 Å². The molecule has 49 heavy (non-hydrogen) atoms. The van der Waals surface area contributed by atoms with Crippen molar-refractivity contribution < 1.29 is 28.4 Å². The van der Waals surface area contributed by atoms with Crippen molar-refractivity contribution in [2.45, 2.75) is 104 Å². The fourth-order valence-electron chi connectivity index (χ4n) is 4.74. The summed E-state index contributed by atoms with van der Waals surface area (Å²) in [6.07, 6.45) is -0.144. The second-order valence-corrected chi connectivity index (χ2v) is 18.8. The van der Waals surface area contributed by atoms with Crippen molar-refractivity contribution in [3.8, 4) is 11.3 Å². The summed E-state index contributed by atoms with van der Waals surface area (Å²) < 4.78 is 28.5. The maximum Gasteiger partial charge on any atom is 0.424 e. The van der Waals surface area contributed by atoms with Crippen molar-refractivity contribution in [2.24, 2.45) is 0 Å². The van der Waals surface area contributed by atoms with Gasteiger partial charge in [0.15, 0.2) is 0 Å². The Labute approximate surface area is 300 Å². The number of aromatic nitrogens is 1. The molecule has 0 saturated carbocycles. The van der Waals surface area contributed by atoms with E-state index < -0.39 is 50.8 Å². The second kappa shape index (κ2) is 14.1. The molecule has 0 bridgehead atoms. The standard InChI is InChI=1S/C37H46ClN3O6S2/c1-34(2,3)46-32(42)41(33(43)47-35(4,5)6)24-15-16-27(38)26(21-24)30(40-49(45)36(7,8)9)29-19-22-13-12-14-25(31(22)48-29)28-20-23(17-18-39-28)37(10,11)44/h12-21,30,40,44H,1-11H3. The Balaban J connectivity index is 1.91. The molecule has 2 aromatic carbocycles. The predicted octanol–water partition coefficient (Wildman–Crippen LogP) is 9.66. The molecule has 4 aromatic rings. The van der Waals surface area contributed by atoms with Gasteiger partial charge < -0.3 is 14.6 Å². The number of benzene rings is 2. The van der Waals surface area contributed by atoms with E-state index in [0.717, 1.165) is 31.0 Å². The average molecular weight is 728 g/mol. The minimum atomic E-state index is -1.55. The first-order valence-electron chi connectivity index (χ1n) is 15.9. The van der Waals surface area contributed by atoms with Crippen LogP contribution in [0.2, 0.25) is 5.02 Å². The molecule has 0 spiro atoms. The Morgan fingerprint density at radius 1 is 0.898 bits per heavy atom. The molecular weight excluding hydrogens is 682 g/mol. The van der Waals surface area contributed by atoms with E-state index in [1.807, 2.05) is 51.1 Å². The van der Waals surface area contributed by atoms with Crippen molar-refractivity contribution in [1.29, 1.82) is 0 Å². The highest BCUT2D eigenvalue weighted by atomic mass is 35.5. The Morgan fingerprint density at radius 3 is 2.06 bits per heavy atom. The van der Waals surface area contributed by atoms with E-state index in [1.165, 1.54) is 11.3 Å². The Kier molecular flexibility index (Phi) is 11.1. The molecule has 2 atom stereocenters. The van der Waals surface area contributed by atoms with Gasteiger partial charge in [-0.25, -0.2) is 18.5 Å². The minimum absolute atomic E-state index is 0.172. The van der Waals surface area contributed by atoms with Gasteiger partial charge in [-0.05, 0) is 129 Å². The van der Waals surface area contributed by atoms with Gasteiger partial charge in [-0.3, -0.25) is 4.98 Å². The Morgan fingerprint density at radius 2 is 1.51 bits per heavy atom. The molecule has 12 heteroatoms. The van der Waals surface area contributed by atoms with Gasteiger partial charge in [0.05, 0.1) is 38.8 Å². The quantitative estimate of drug-likeness (QED) is 0.195. The molecule has 2 unspecified atom stereocenters. The van der Waals surface area contributed by atoms with E-state index in [0.29, 0.717) is 16.3 Å². The number of pyridine rings is 1. The highest BCUT2D eigenvalue weighted by molar-refractivity contribution is 7.84. The van der Waals surface area contributed by atoms with Gasteiger partial charge in [0.1, 0.15) is 11.2 Å². The number of aliphatic hydroxyl groups is 1. The topological polar surface area (TPSA) is 118 Å². The van der Waals surface area contributed by atoms with Crippen molar-refractivity contribution in [2.75, 3.05) is 4.90 Å². The third kappa shape index (κ3) is 9.67. The largest absolute Gasteiger partial charge is 0.443 e. The van der Waals surface area contributed by atoms with Crippen molar-refractivity contribution in [1.82, 2.24) is 9.71 Å². The minimum Gasteiger partial charge on any atom is -0.443 e. The normalized spacial score (nSPS) is 14.0. The lowest BCUT2D eigenvalue weighted by atomic mass is 9.97. The zero-order valence-corrected chi connectivity index (χ0v) is 32.3. The van der Waals surface area contributed by atoms with Crippen LogP contribution in [0.5, 0.6) is 0 Å². The smallest absolute Gasteiger partial charge is 0.424 e. The van der Waals surface area contributed by atoms with Crippen LogP contribution in [0.4, 0.5) is 15.3 Å². The van der Waals surface area contributed by atoms with Crippen LogP contribution >= 0.6 is 22.9 Å². The number of anilines is 1. The SMILES string of the molecule is CC(C)(C)OC(=O)N(C(=O)OC(C)(C)C)c1ccc(Cl)c(C(NS(=O)C(C)(C)C)c2cc3cccc(-c4cc(C(C)(C)O)ccn4)c3s2)c1. The maximum absolute atomic E-state index is 13.7. The molecule has 0 saturated heterocycles. The highest BCUT2D eigenvalue weighted by Crippen LogP contribution is 2.42. The first kappa shape index (κ1) is 38.5. The number of thiophene rings is 1. The van der Waals surface area contributed by atoms with Crippen LogP contribution in [-0.4, -0.2) is 42.4 Å². The molecule has 4 rings (SSSR count). The van der Waals surface area contributed by atoms with E-state index in [4.69, 9.17) is 21.1 Å². The van der Waals surface area contributed by atoms with Gasteiger partial charge in [0.25, 0.3) is 0 Å². The van der Waals surface area contributed by atoms with Crippen LogP contribution < -0.4 is 9.62 Å². The number of hydrogen-bond donors (Lipinski definition) is 2. The average Bonchev–Trinajstić information content (AvgIpc) is 3.38. The number of carbonyl (C=O) groups is 2. The molecule has 264 valence electrons. The number of nitrogens with zero attached hydrogens (tertiary/aromatic N) is 2. The molecule has 2 heterocycles. The van der Waals surface area contributed by atoms with E-state index in [2.05, 4.69) is 9.71 Å². The summed E-state index contributed by atoms with van der Waals surface area (Å²) >= 11 is 8.37. The van der Waals surface area contributed by atoms with Crippen LogP contribution in [0, 0.1) is 0 Å². The number of hydrogen-bond acceptors (Lipinski definition) is 8. The summed E-state index contributed by atoms with van der Waals surface area (Å²) in [5.41, 5.74) is 0.131. The lowest BCUT2D eigenvalue weighted by Gasteiger charge is -2.29. The predicted molar refractivity (Wildman–Crippen MR) is 200 cm³/mol. The lowest BCUT2D eigenvalue weighted by Crippen LogP contribution is -2.44. The molecule has 2 aromatic heterocycles. The highest BCUT2D eigenvalue weighted by Gasteiger charge is 2.34. The van der Waals surface area contributed by atoms with Crippen LogP contribution in [0.25, 0.3) is 21.3 Å². The molecule has 0 aliphatic carbocycles. The maximum atomic E-state index is 13.7. The molecule has 9 nitrogen and oxygen atoms in total. The van der Waals surface area contributed by atoms with Gasteiger partial charge in [0.2, 0.25) is 0 Å². The number of amides is 2. The number of carbonyl (C=O) groups excluding carboxylic acids is 2. The van der Waals surface area contributed by atoms with Gasteiger partial charge >= 0.3 is 12.2 Å². The van der Waals surface area contributed by atoms with Crippen LogP contribution in [0.15, 0.2) is 60.8 Å². The van der Waals surface area contributed by atoms with Gasteiger partial charge in [-0.15, -0.1) is 11.3 Å². The molecule has 0 fully saturated rings. The zero-order chi connectivity index (χ0) is 36.7. The molecule has 0 aliphatic heterocycles. The zero-order valence-electron chi connectivity index (χ0n) is 29.9. The molecule has 2 N–H and O–H groups in total. The summed E-state index contributed by atoms with van der Waals surface area (Å²) in [5, 5.41) is 11.9. The molecular formula is C37H46ClN3O6S2. The number of fused-ring (bicyclic) bond motifs is 1. The summed E-state index contributed by atoms with van der Waals surface area (Å²) in [4.78, 5) is 33.2. The fraction of sp³-hybridized carbons (Fsp3) is 0.432. The van der Waals surface area contributed by atoms with Gasteiger partial charge in [-0.1, -0.05) is 29.8 Å². The van der Waals surface area contributed by atoms with Crippen LogP contribution in [0.1, 0.15) is 98.2 Å². The molecule has 0 aliphatic rings. The van der Waals surface area contributed by atoms with E-state index in [-0.39, 0.29) is 5.69 Å². The number of nitrogens with one attached hydrogen (secondary N) is 1. The van der Waals surface area contributed by atoms with E-state index in [9.17, 15) is 18.9 Å². The van der Waals surface area contributed by atoms with Crippen LogP contribution in [-0.2, 0) is 26.1 Å². The fourth-order valence-corrected chi connectivity index (χ4v) is 7.11. The number of imide groups is 1. The number of rotatable bonds is 7. The Hall–Kier alpha value is -3.35. The summed E-state index contributed by atoms with van der Waals surface area (Å²) in [7, 11) is -1.55. The number of ether oxygens (including phenoxy) is 2. The molecule has 0 radical (unpaired) electrons. The monoisotopic (exact) mass is 727 g/mol. The number of halogens is 1. The Bertz CT molecular complexity index is 1850. The molecule has 2 amide bonds. The van der Waals surface area contributed by atoms with Gasteiger partial charge in [0, 0.05) is 26.4 Å². The van der Waals surface area contributed by atoms with E-state index >= 15 is 0 Å². The summed E-state index contributed by atoms with van der Waals surface area (Å²) in [6.45, 7) is 19.3. The first-order chi connectivity index (χ1) is 22.4. The van der Waals surface area contributed by atoms with Crippen molar-refractivity contribution >= 4 is 61.9 Å². The van der Waals surface area contributed by atoms with E-state index in [1.54, 1.807) is 85.9 Å².